The molecule has 3 N–H and O–H groups in total. The third-order valence-electron chi connectivity index (χ3n) is 3.60. The molecule has 0 aliphatic heterocycles. The van der Waals surface area contributed by atoms with Crippen LogP contribution in [0.1, 0.15) is 43.7 Å². The Morgan fingerprint density at radius 1 is 1.29 bits per heavy atom. The van der Waals surface area contributed by atoms with Crippen LogP contribution in [0.3, 0.4) is 0 Å². The molecule has 0 heterocycles. The van der Waals surface area contributed by atoms with Crippen LogP contribution in [0, 0.1) is 9.49 Å². The summed E-state index contributed by atoms with van der Waals surface area (Å²) in [6.07, 6.45) is 6.53. The molecule has 0 saturated heterocycles. The molecule has 0 spiro atoms. The fraction of sp³-hybridized carbons (Fsp3) is 0.538. The first kappa shape index (κ1) is 13.6. The largest absolute Gasteiger partial charge is 0.271 e. The van der Waals surface area contributed by atoms with Gasteiger partial charge < -0.3 is 0 Å². The minimum Gasteiger partial charge on any atom is -0.271 e. The highest BCUT2D eigenvalue weighted by molar-refractivity contribution is 14.1. The smallest absolute Gasteiger partial charge is 0.0542 e. The average Bonchev–Trinajstić information content (AvgIpc) is 2.36. The third-order valence-corrected chi connectivity index (χ3v) is 5.18. The molecule has 1 saturated carbocycles. The molecule has 2 rings (SSSR count). The van der Waals surface area contributed by atoms with Crippen LogP contribution in [0.15, 0.2) is 18.2 Å². The van der Waals surface area contributed by atoms with Crippen molar-refractivity contribution in [3.8, 4) is 0 Å². The zero-order valence-electron chi connectivity index (χ0n) is 9.76. The molecule has 1 atom stereocenters. The lowest BCUT2D eigenvalue weighted by Crippen LogP contribution is -2.34. The molecule has 1 aromatic carbocycles. The summed E-state index contributed by atoms with van der Waals surface area (Å²) >= 11 is 8.43. The van der Waals surface area contributed by atoms with E-state index in [0.717, 1.165) is 8.59 Å². The first-order chi connectivity index (χ1) is 8.22. The Bertz CT molecular complexity index is 378. The molecule has 1 aliphatic rings. The van der Waals surface area contributed by atoms with Crippen molar-refractivity contribution < 1.29 is 0 Å². The average molecular weight is 365 g/mol. The van der Waals surface area contributed by atoms with Gasteiger partial charge in [-0.05, 0) is 59.0 Å². The molecule has 2 nitrogen and oxygen atoms in total. The fourth-order valence-corrected chi connectivity index (χ4v) is 3.20. The number of hydrogen-bond acceptors (Lipinski definition) is 2. The monoisotopic (exact) mass is 364 g/mol. The summed E-state index contributed by atoms with van der Waals surface area (Å²) < 4.78 is 1.09. The maximum Gasteiger partial charge on any atom is 0.0542 e. The van der Waals surface area contributed by atoms with Gasteiger partial charge in [0, 0.05) is 9.61 Å². The summed E-state index contributed by atoms with van der Waals surface area (Å²) in [4.78, 5) is 0. The van der Waals surface area contributed by atoms with Crippen LogP contribution in [0.2, 0.25) is 5.02 Å². The van der Waals surface area contributed by atoms with Gasteiger partial charge in [0.1, 0.15) is 0 Å². The van der Waals surface area contributed by atoms with Crippen LogP contribution < -0.4 is 11.3 Å². The van der Waals surface area contributed by atoms with E-state index < -0.39 is 0 Å². The van der Waals surface area contributed by atoms with Crippen LogP contribution in [-0.2, 0) is 0 Å². The minimum absolute atomic E-state index is 0.241. The number of benzene rings is 1. The highest BCUT2D eigenvalue weighted by Crippen LogP contribution is 2.35. The highest BCUT2D eigenvalue weighted by Gasteiger charge is 2.24. The Labute approximate surface area is 121 Å². The topological polar surface area (TPSA) is 38.0 Å². The van der Waals surface area contributed by atoms with Crippen LogP contribution in [0.4, 0.5) is 0 Å². The fourth-order valence-electron chi connectivity index (χ4n) is 2.68. The van der Waals surface area contributed by atoms with E-state index in [9.17, 15) is 0 Å². The number of rotatable bonds is 3. The van der Waals surface area contributed by atoms with E-state index in [1.54, 1.807) is 0 Å². The van der Waals surface area contributed by atoms with Crippen molar-refractivity contribution in [2.75, 3.05) is 0 Å². The molecule has 0 aromatic heterocycles. The van der Waals surface area contributed by atoms with Crippen molar-refractivity contribution in [1.82, 2.24) is 5.43 Å². The summed E-state index contributed by atoms with van der Waals surface area (Å²) in [7, 11) is 0. The summed E-state index contributed by atoms with van der Waals surface area (Å²) in [6.45, 7) is 0. The number of hydrogen-bond donors (Lipinski definition) is 2. The van der Waals surface area contributed by atoms with Crippen LogP contribution in [0.25, 0.3) is 0 Å². The van der Waals surface area contributed by atoms with E-state index in [4.69, 9.17) is 17.4 Å². The second kappa shape index (κ2) is 6.36. The summed E-state index contributed by atoms with van der Waals surface area (Å²) in [5, 5.41) is 0.819. The van der Waals surface area contributed by atoms with E-state index in [2.05, 4.69) is 40.1 Å². The van der Waals surface area contributed by atoms with Gasteiger partial charge in [0.25, 0.3) is 0 Å². The SMILES string of the molecule is NNC(c1ccc(I)c(Cl)c1)C1CCCCC1. The highest BCUT2D eigenvalue weighted by atomic mass is 127. The molecule has 1 fully saturated rings. The number of halogens is 2. The van der Waals surface area contributed by atoms with Crippen molar-refractivity contribution in [3.63, 3.8) is 0 Å². The quantitative estimate of drug-likeness (QED) is 0.483. The standard InChI is InChI=1S/C13H18ClIN2/c14-11-8-10(6-7-12(11)15)13(17-16)9-4-2-1-3-5-9/h6-9,13,17H,1-5,16H2. The number of nitrogens with one attached hydrogen (secondary N) is 1. The molecule has 1 aromatic rings. The Morgan fingerprint density at radius 3 is 2.59 bits per heavy atom. The van der Waals surface area contributed by atoms with Crippen molar-refractivity contribution in [2.24, 2.45) is 11.8 Å². The van der Waals surface area contributed by atoms with Crippen LogP contribution >= 0.6 is 34.2 Å². The Balaban J connectivity index is 2.18. The van der Waals surface area contributed by atoms with Gasteiger partial charge in [-0.25, -0.2) is 0 Å². The van der Waals surface area contributed by atoms with Gasteiger partial charge in [-0.2, -0.15) is 0 Å². The van der Waals surface area contributed by atoms with Crippen molar-refractivity contribution in [1.29, 1.82) is 0 Å². The van der Waals surface area contributed by atoms with E-state index in [1.807, 2.05) is 6.07 Å². The lowest BCUT2D eigenvalue weighted by atomic mass is 9.81. The van der Waals surface area contributed by atoms with Gasteiger partial charge in [0.05, 0.1) is 5.02 Å². The first-order valence-corrected chi connectivity index (χ1v) is 7.59. The second-order valence-corrected chi connectivity index (χ2v) is 6.29. The van der Waals surface area contributed by atoms with E-state index in [0.29, 0.717) is 5.92 Å². The summed E-state index contributed by atoms with van der Waals surface area (Å²) in [6, 6.07) is 6.48. The number of nitrogens with two attached hydrogens (primary N) is 1. The molecule has 0 amide bonds. The maximum atomic E-state index is 6.18. The molecule has 94 valence electrons. The number of hydrazine groups is 1. The van der Waals surface area contributed by atoms with Gasteiger partial charge in [-0.1, -0.05) is 36.9 Å². The van der Waals surface area contributed by atoms with Crippen molar-refractivity contribution in [2.45, 2.75) is 38.1 Å². The Morgan fingerprint density at radius 2 is 2.00 bits per heavy atom. The van der Waals surface area contributed by atoms with Crippen molar-refractivity contribution in [3.05, 3.63) is 32.4 Å². The lowest BCUT2D eigenvalue weighted by molar-refractivity contribution is 0.273. The molecule has 17 heavy (non-hydrogen) atoms. The molecule has 4 heteroatoms. The van der Waals surface area contributed by atoms with Gasteiger partial charge in [0.2, 0.25) is 0 Å². The summed E-state index contributed by atoms with van der Waals surface area (Å²) in [5.74, 6) is 6.37. The molecule has 1 aliphatic carbocycles. The van der Waals surface area contributed by atoms with Gasteiger partial charge in [0.15, 0.2) is 0 Å². The zero-order chi connectivity index (χ0) is 12.3. The van der Waals surface area contributed by atoms with E-state index in [1.165, 1.54) is 37.7 Å². The lowest BCUT2D eigenvalue weighted by Gasteiger charge is -2.30. The zero-order valence-corrected chi connectivity index (χ0v) is 12.7. The summed E-state index contributed by atoms with van der Waals surface area (Å²) in [5.41, 5.74) is 4.19. The Hall–Kier alpha value is 0.160. The second-order valence-electron chi connectivity index (χ2n) is 4.72. The van der Waals surface area contributed by atoms with Crippen LogP contribution in [-0.4, -0.2) is 0 Å². The molecule has 0 bridgehead atoms. The molecule has 1 unspecified atom stereocenters. The molecular formula is C13H18ClIN2. The molecular weight excluding hydrogens is 347 g/mol. The Kier molecular flexibility index (Phi) is 5.09. The van der Waals surface area contributed by atoms with Gasteiger partial charge >= 0.3 is 0 Å². The normalized spacial score (nSPS) is 19.2. The predicted molar refractivity (Wildman–Crippen MR) is 80.8 cm³/mol. The first-order valence-electron chi connectivity index (χ1n) is 6.13. The van der Waals surface area contributed by atoms with Crippen LogP contribution in [0.5, 0.6) is 0 Å². The van der Waals surface area contributed by atoms with Gasteiger partial charge in [-0.3, -0.25) is 11.3 Å². The van der Waals surface area contributed by atoms with E-state index in [-0.39, 0.29) is 6.04 Å². The maximum absolute atomic E-state index is 6.18. The van der Waals surface area contributed by atoms with Gasteiger partial charge in [-0.15, -0.1) is 0 Å². The minimum atomic E-state index is 0.241. The predicted octanol–water partition coefficient (Wildman–Crippen LogP) is 4.03. The van der Waals surface area contributed by atoms with Crippen molar-refractivity contribution >= 4 is 34.2 Å². The third kappa shape index (κ3) is 3.34. The van der Waals surface area contributed by atoms with E-state index >= 15 is 0 Å². The molecule has 0 radical (unpaired) electrons.